The molecule has 0 unspecified atom stereocenters. The Morgan fingerprint density at radius 2 is 1.48 bits per heavy atom. The Kier molecular flexibility index (Phi) is 6.75. The van der Waals surface area contributed by atoms with Crippen LogP contribution in [0, 0.1) is 0 Å². The number of hydrogen-bond donors (Lipinski definition) is 1. The molecule has 33 heavy (non-hydrogen) atoms. The summed E-state index contributed by atoms with van der Waals surface area (Å²) >= 11 is 0. The van der Waals surface area contributed by atoms with Crippen molar-refractivity contribution in [3.05, 3.63) is 108 Å². The average Bonchev–Trinajstić information content (AvgIpc) is 2.83. The lowest BCUT2D eigenvalue weighted by molar-refractivity contribution is -0.182. The van der Waals surface area contributed by atoms with Gasteiger partial charge in [0.2, 0.25) is 0 Å². The number of nitrogens with zero attached hydrogens (tertiary/aromatic N) is 1. The Balaban J connectivity index is 1.71. The molecule has 1 saturated heterocycles. The van der Waals surface area contributed by atoms with Crippen LogP contribution in [0.1, 0.15) is 42.2 Å². The van der Waals surface area contributed by atoms with Gasteiger partial charge in [0.15, 0.2) is 0 Å². The van der Waals surface area contributed by atoms with Crippen LogP contribution in [0.2, 0.25) is 0 Å². The number of carbonyl (C=O) groups is 2. The number of morpholine rings is 1. The van der Waals surface area contributed by atoms with E-state index in [0.717, 1.165) is 16.7 Å². The summed E-state index contributed by atoms with van der Waals surface area (Å²) < 4.78 is 12.1. The van der Waals surface area contributed by atoms with E-state index < -0.39 is 29.8 Å². The lowest BCUT2D eigenvalue weighted by atomic mass is 9.88. The van der Waals surface area contributed by atoms with Crippen molar-refractivity contribution in [3.8, 4) is 0 Å². The summed E-state index contributed by atoms with van der Waals surface area (Å²) in [6.45, 7) is 1.95. The highest BCUT2D eigenvalue weighted by molar-refractivity contribution is 5.71. The fourth-order valence-electron chi connectivity index (χ4n) is 4.33. The van der Waals surface area contributed by atoms with E-state index in [2.05, 4.69) is 0 Å². The van der Waals surface area contributed by atoms with Crippen LogP contribution in [0.5, 0.6) is 0 Å². The van der Waals surface area contributed by atoms with Crippen molar-refractivity contribution in [2.45, 2.75) is 37.7 Å². The van der Waals surface area contributed by atoms with Gasteiger partial charge < -0.3 is 14.6 Å². The summed E-state index contributed by atoms with van der Waals surface area (Å²) in [7, 11) is 0. The van der Waals surface area contributed by atoms with Crippen molar-refractivity contribution in [1.29, 1.82) is 0 Å². The minimum absolute atomic E-state index is 0.0931. The van der Waals surface area contributed by atoms with Gasteiger partial charge >= 0.3 is 12.1 Å². The largest absolute Gasteiger partial charge is 0.481 e. The molecule has 0 aromatic heterocycles. The molecule has 0 radical (unpaired) electrons. The number of amides is 1. The molecule has 1 aliphatic heterocycles. The predicted octanol–water partition coefficient (Wildman–Crippen LogP) is 5.37. The van der Waals surface area contributed by atoms with Crippen molar-refractivity contribution >= 4 is 12.1 Å². The van der Waals surface area contributed by atoms with Crippen LogP contribution in [-0.2, 0) is 20.9 Å². The van der Waals surface area contributed by atoms with Crippen LogP contribution < -0.4 is 0 Å². The Morgan fingerprint density at radius 1 is 0.939 bits per heavy atom. The van der Waals surface area contributed by atoms with Crippen LogP contribution in [0.25, 0.3) is 0 Å². The number of ether oxygens (including phenoxy) is 2. The summed E-state index contributed by atoms with van der Waals surface area (Å²) in [5.74, 6) is -0.986. The zero-order chi connectivity index (χ0) is 23.3. The van der Waals surface area contributed by atoms with Crippen LogP contribution in [0.3, 0.4) is 0 Å². The second-order valence-corrected chi connectivity index (χ2v) is 8.49. The highest BCUT2D eigenvalue weighted by atomic mass is 16.6. The van der Waals surface area contributed by atoms with Crippen LogP contribution in [0.4, 0.5) is 4.79 Å². The molecule has 0 bridgehead atoms. The minimum atomic E-state index is -1.08. The number of carbonyl (C=O) groups excluding carboxylic acids is 1. The van der Waals surface area contributed by atoms with E-state index in [4.69, 9.17) is 9.47 Å². The third-order valence-electron chi connectivity index (χ3n) is 5.77. The van der Waals surface area contributed by atoms with Crippen molar-refractivity contribution in [3.63, 3.8) is 0 Å². The second-order valence-electron chi connectivity index (χ2n) is 8.49. The quantitative estimate of drug-likeness (QED) is 0.552. The Hall–Kier alpha value is -3.64. The Bertz CT molecular complexity index is 1070. The molecule has 3 atom stereocenters. The van der Waals surface area contributed by atoms with E-state index >= 15 is 0 Å². The lowest BCUT2D eigenvalue weighted by Crippen LogP contribution is -2.55. The number of hydrogen-bond acceptors (Lipinski definition) is 4. The van der Waals surface area contributed by atoms with Crippen molar-refractivity contribution in [1.82, 2.24) is 4.90 Å². The first-order chi connectivity index (χ1) is 16.0. The standard InChI is InChI=1S/C27H27NO5/c1-27(17-23(29)30)19-28(26(31)32-18-20-11-5-2-6-12-20)24(21-13-7-3-8-14-21)25(33-27)22-15-9-4-10-16-22/h2-16,24-25H,17-19H2,1H3,(H,29,30)/t24-,25+,27+/m1/s1. The third kappa shape index (κ3) is 5.41. The van der Waals surface area contributed by atoms with Gasteiger partial charge in [-0.15, -0.1) is 0 Å². The van der Waals surface area contributed by atoms with Gasteiger partial charge in [0, 0.05) is 0 Å². The summed E-state index contributed by atoms with van der Waals surface area (Å²) in [6.07, 6.45) is -1.30. The number of carboxylic acid groups (broad SMARTS) is 1. The molecular formula is C27H27NO5. The second kappa shape index (κ2) is 9.88. The molecule has 3 aromatic carbocycles. The maximum atomic E-state index is 13.4. The maximum Gasteiger partial charge on any atom is 0.410 e. The van der Waals surface area contributed by atoms with E-state index in [-0.39, 0.29) is 19.6 Å². The SMILES string of the molecule is C[C@]1(CC(=O)O)CN(C(=O)OCc2ccccc2)[C@H](c2ccccc2)[C@H](c2ccccc2)O1. The van der Waals surface area contributed by atoms with Gasteiger partial charge in [0.25, 0.3) is 0 Å². The van der Waals surface area contributed by atoms with Gasteiger partial charge in [-0.2, -0.15) is 0 Å². The minimum Gasteiger partial charge on any atom is -0.481 e. The molecule has 0 saturated carbocycles. The van der Waals surface area contributed by atoms with Crippen LogP contribution in [-0.4, -0.2) is 34.2 Å². The van der Waals surface area contributed by atoms with Gasteiger partial charge in [-0.3, -0.25) is 9.69 Å². The highest BCUT2D eigenvalue weighted by Gasteiger charge is 2.48. The summed E-state index contributed by atoms with van der Waals surface area (Å²) in [5, 5.41) is 9.53. The first-order valence-corrected chi connectivity index (χ1v) is 10.9. The molecule has 0 spiro atoms. The third-order valence-corrected chi connectivity index (χ3v) is 5.77. The average molecular weight is 446 g/mol. The molecule has 6 heteroatoms. The van der Waals surface area contributed by atoms with Gasteiger partial charge in [-0.1, -0.05) is 91.0 Å². The van der Waals surface area contributed by atoms with Crippen LogP contribution >= 0.6 is 0 Å². The monoisotopic (exact) mass is 445 g/mol. The highest BCUT2D eigenvalue weighted by Crippen LogP contribution is 2.45. The Morgan fingerprint density at radius 3 is 2.06 bits per heavy atom. The van der Waals surface area contributed by atoms with Gasteiger partial charge in [-0.25, -0.2) is 4.79 Å². The molecule has 1 heterocycles. The molecule has 1 fully saturated rings. The smallest absolute Gasteiger partial charge is 0.410 e. The number of rotatable bonds is 6. The number of carboxylic acids is 1. The zero-order valence-corrected chi connectivity index (χ0v) is 18.5. The van der Waals surface area contributed by atoms with E-state index in [9.17, 15) is 14.7 Å². The fraction of sp³-hybridized carbons (Fsp3) is 0.259. The molecule has 170 valence electrons. The van der Waals surface area contributed by atoms with E-state index in [1.165, 1.54) is 0 Å². The van der Waals surface area contributed by atoms with Gasteiger partial charge in [0.1, 0.15) is 12.7 Å². The van der Waals surface area contributed by atoms with Crippen molar-refractivity contribution in [2.24, 2.45) is 0 Å². The number of aliphatic carboxylic acids is 1. The van der Waals surface area contributed by atoms with Crippen LogP contribution in [0.15, 0.2) is 91.0 Å². The van der Waals surface area contributed by atoms with Gasteiger partial charge in [0.05, 0.1) is 24.6 Å². The first kappa shape index (κ1) is 22.6. The van der Waals surface area contributed by atoms with Gasteiger partial charge in [-0.05, 0) is 23.6 Å². The normalized spacial score (nSPS) is 22.5. The first-order valence-electron chi connectivity index (χ1n) is 10.9. The summed E-state index contributed by atoms with van der Waals surface area (Å²) in [5.41, 5.74) is 1.55. The molecule has 6 nitrogen and oxygen atoms in total. The topological polar surface area (TPSA) is 76.1 Å². The molecule has 0 aliphatic carbocycles. The molecule has 1 amide bonds. The molecule has 4 rings (SSSR count). The summed E-state index contributed by atoms with van der Waals surface area (Å²) in [4.78, 5) is 26.7. The zero-order valence-electron chi connectivity index (χ0n) is 18.5. The fourth-order valence-corrected chi connectivity index (χ4v) is 4.33. The van der Waals surface area contributed by atoms with Crippen molar-refractivity contribution < 1.29 is 24.2 Å². The van der Waals surface area contributed by atoms with Crippen molar-refractivity contribution in [2.75, 3.05) is 6.54 Å². The van der Waals surface area contributed by atoms with E-state index in [1.807, 2.05) is 91.0 Å². The van der Waals surface area contributed by atoms with E-state index in [0.29, 0.717) is 0 Å². The number of benzene rings is 3. The molecule has 1 aliphatic rings. The molecular weight excluding hydrogens is 418 g/mol. The molecule has 1 N–H and O–H groups in total. The maximum absolute atomic E-state index is 13.4. The Labute approximate surface area is 193 Å². The van der Waals surface area contributed by atoms with E-state index in [1.54, 1.807) is 11.8 Å². The lowest BCUT2D eigenvalue weighted by Gasteiger charge is -2.49. The molecule has 3 aromatic rings. The summed E-state index contributed by atoms with van der Waals surface area (Å²) in [6, 6.07) is 28.2. The predicted molar refractivity (Wildman–Crippen MR) is 123 cm³/mol.